The van der Waals surface area contributed by atoms with E-state index in [9.17, 15) is 13.2 Å². The van der Waals surface area contributed by atoms with E-state index in [0.29, 0.717) is 5.84 Å². The quantitative estimate of drug-likeness (QED) is 0.380. The molecule has 1 radical (unpaired) electrons. The molecule has 0 bridgehead atoms. The molecule has 0 fully saturated rings. The fourth-order valence-electron chi connectivity index (χ4n) is 3.47. The Balaban J connectivity index is 0.00000192. The van der Waals surface area contributed by atoms with E-state index in [0.717, 1.165) is 28.4 Å². The Morgan fingerprint density at radius 3 is 2.32 bits per heavy atom. The van der Waals surface area contributed by atoms with Gasteiger partial charge in [0.05, 0.1) is 5.56 Å². The molecule has 3 aromatic rings. The minimum atomic E-state index is -4.46. The second-order valence-electron chi connectivity index (χ2n) is 6.25. The number of para-hydroxylation sites is 2. The standard InChI is InChI=1S/C21H12F3N3.Ir/c22-21(23,24)17-10-4-6-12-19(17)27-13-26-18-11-5-3-8-15(18)14-7-1-2-9-16(14)20(26)25-27;/h1-10,12-13H;/q-2;. The maximum absolute atomic E-state index is 13.4. The van der Waals surface area contributed by atoms with Crippen LogP contribution in [0.4, 0.5) is 24.5 Å². The molecule has 28 heavy (non-hydrogen) atoms. The molecule has 7 heteroatoms. The van der Waals surface area contributed by atoms with Crippen molar-refractivity contribution in [3.63, 3.8) is 0 Å². The predicted octanol–water partition coefficient (Wildman–Crippen LogP) is 5.29. The van der Waals surface area contributed by atoms with Crippen LogP contribution in [0.3, 0.4) is 0 Å². The van der Waals surface area contributed by atoms with Gasteiger partial charge in [-0.1, -0.05) is 47.6 Å². The maximum Gasteiger partial charge on any atom is 0.418 e. The fraction of sp³-hybridized carbons (Fsp3) is 0.0476. The molecule has 0 unspecified atom stereocenters. The van der Waals surface area contributed by atoms with Gasteiger partial charge in [0.1, 0.15) is 5.84 Å². The zero-order valence-electron chi connectivity index (χ0n) is 14.2. The zero-order valence-corrected chi connectivity index (χ0v) is 16.6. The summed E-state index contributed by atoms with van der Waals surface area (Å²) >= 11 is 0. The number of hydrazone groups is 1. The van der Waals surface area contributed by atoms with Crippen molar-refractivity contribution in [2.24, 2.45) is 5.10 Å². The second kappa shape index (κ2) is 6.76. The first kappa shape index (κ1) is 18.7. The summed E-state index contributed by atoms with van der Waals surface area (Å²) in [6.45, 7) is 1.57. The Bertz CT molecular complexity index is 1080. The summed E-state index contributed by atoms with van der Waals surface area (Å²) in [5.41, 5.74) is 2.85. The Morgan fingerprint density at radius 1 is 0.857 bits per heavy atom. The Morgan fingerprint density at radius 2 is 1.54 bits per heavy atom. The van der Waals surface area contributed by atoms with E-state index < -0.39 is 11.7 Å². The first-order chi connectivity index (χ1) is 13.0. The van der Waals surface area contributed by atoms with Gasteiger partial charge in [-0.25, -0.2) is 0 Å². The average molecular weight is 556 g/mol. The molecular formula is C21H12F3IrN3-2. The number of amidine groups is 1. The van der Waals surface area contributed by atoms with Crippen LogP contribution in [0.1, 0.15) is 11.1 Å². The fourth-order valence-corrected chi connectivity index (χ4v) is 3.47. The molecule has 0 aliphatic carbocycles. The molecule has 0 atom stereocenters. The van der Waals surface area contributed by atoms with Crippen LogP contribution in [-0.4, -0.2) is 5.84 Å². The minimum Gasteiger partial charge on any atom is -0.476 e. The van der Waals surface area contributed by atoms with Crippen molar-refractivity contribution >= 4 is 17.2 Å². The van der Waals surface area contributed by atoms with Gasteiger partial charge >= 0.3 is 6.18 Å². The largest absolute Gasteiger partial charge is 0.476 e. The summed E-state index contributed by atoms with van der Waals surface area (Å²) in [7, 11) is 0. The Kier molecular flexibility index (Phi) is 4.52. The SMILES string of the molecule is FC(F)(F)c1ccccc1N1[CH-]N2C(=N1)c1ccccc1-c1ccc[c-]c12.[Ir]. The van der Waals surface area contributed by atoms with Crippen LogP contribution in [0.25, 0.3) is 11.1 Å². The van der Waals surface area contributed by atoms with Gasteiger partial charge in [-0.05, 0) is 12.1 Å². The topological polar surface area (TPSA) is 18.8 Å². The summed E-state index contributed by atoms with van der Waals surface area (Å²) in [4.78, 5) is 1.78. The van der Waals surface area contributed by atoms with Gasteiger partial charge in [0.15, 0.2) is 0 Å². The molecule has 0 saturated carbocycles. The number of anilines is 2. The van der Waals surface area contributed by atoms with Crippen molar-refractivity contribution in [1.82, 2.24) is 0 Å². The summed E-state index contributed by atoms with van der Waals surface area (Å²) in [5.74, 6) is 0.581. The van der Waals surface area contributed by atoms with Gasteiger partial charge in [0.2, 0.25) is 0 Å². The Labute approximate surface area is 173 Å². The first-order valence-electron chi connectivity index (χ1n) is 8.33. The van der Waals surface area contributed by atoms with Gasteiger partial charge in [0, 0.05) is 31.4 Å². The average Bonchev–Trinajstić information content (AvgIpc) is 3.13. The molecule has 3 nitrogen and oxygen atoms in total. The van der Waals surface area contributed by atoms with Gasteiger partial charge in [-0.3, -0.25) is 0 Å². The predicted molar refractivity (Wildman–Crippen MR) is 98.0 cm³/mol. The summed E-state index contributed by atoms with van der Waals surface area (Å²) in [5, 5.41) is 5.78. The van der Waals surface area contributed by atoms with E-state index in [1.54, 1.807) is 23.7 Å². The summed E-state index contributed by atoms with van der Waals surface area (Å²) in [6, 6.07) is 22.0. The zero-order chi connectivity index (χ0) is 18.6. The molecular weight excluding hydrogens is 543 g/mol. The van der Waals surface area contributed by atoms with Crippen LogP contribution in [0.5, 0.6) is 0 Å². The van der Waals surface area contributed by atoms with Crippen molar-refractivity contribution in [3.05, 3.63) is 90.6 Å². The van der Waals surface area contributed by atoms with Crippen molar-refractivity contribution in [2.75, 3.05) is 9.91 Å². The molecule has 0 saturated heterocycles. The van der Waals surface area contributed by atoms with Gasteiger partial charge in [-0.15, -0.1) is 12.2 Å². The van der Waals surface area contributed by atoms with E-state index in [1.807, 2.05) is 36.4 Å². The molecule has 2 aliphatic heterocycles. The molecule has 5 rings (SSSR count). The van der Waals surface area contributed by atoms with Gasteiger partial charge in [0.25, 0.3) is 0 Å². The Hall–Kier alpha value is -2.63. The number of hydrogen-bond donors (Lipinski definition) is 0. The number of nitrogens with zero attached hydrogens (tertiary/aromatic N) is 3. The number of alkyl halides is 3. The van der Waals surface area contributed by atoms with Crippen LogP contribution in [0.2, 0.25) is 0 Å². The monoisotopic (exact) mass is 556 g/mol. The van der Waals surface area contributed by atoms with Crippen LogP contribution >= 0.6 is 0 Å². The van der Waals surface area contributed by atoms with Crippen molar-refractivity contribution in [3.8, 4) is 11.1 Å². The molecule has 0 amide bonds. The molecule has 0 spiro atoms. The van der Waals surface area contributed by atoms with Crippen LogP contribution in [0.15, 0.2) is 71.8 Å². The maximum atomic E-state index is 13.4. The number of fused-ring (bicyclic) bond motifs is 6. The number of rotatable bonds is 1. The number of benzene rings is 3. The van der Waals surface area contributed by atoms with Crippen molar-refractivity contribution < 1.29 is 33.3 Å². The van der Waals surface area contributed by atoms with Gasteiger partial charge in [-0.2, -0.15) is 42.5 Å². The molecule has 2 heterocycles. The van der Waals surface area contributed by atoms with E-state index in [2.05, 4.69) is 11.2 Å². The normalized spacial score (nSPS) is 14.6. The number of hydrogen-bond acceptors (Lipinski definition) is 3. The smallest absolute Gasteiger partial charge is 0.418 e. The van der Waals surface area contributed by atoms with Crippen molar-refractivity contribution in [2.45, 2.75) is 6.18 Å². The summed E-state index contributed by atoms with van der Waals surface area (Å²) < 4.78 is 40.3. The molecule has 3 aromatic carbocycles. The first-order valence-corrected chi connectivity index (χ1v) is 8.33. The van der Waals surface area contributed by atoms with E-state index >= 15 is 0 Å². The second-order valence-corrected chi connectivity index (χ2v) is 6.25. The number of halogens is 3. The summed E-state index contributed by atoms with van der Waals surface area (Å²) in [6.07, 6.45) is -4.46. The van der Waals surface area contributed by atoms with E-state index in [1.165, 1.54) is 17.1 Å². The van der Waals surface area contributed by atoms with Crippen molar-refractivity contribution in [1.29, 1.82) is 0 Å². The molecule has 0 aromatic heterocycles. The van der Waals surface area contributed by atoms with Gasteiger partial charge < -0.3 is 9.91 Å². The third-order valence-electron chi connectivity index (χ3n) is 4.65. The third-order valence-corrected chi connectivity index (χ3v) is 4.65. The van der Waals surface area contributed by atoms with E-state index in [-0.39, 0.29) is 25.8 Å². The van der Waals surface area contributed by atoms with Crippen LogP contribution in [0, 0.1) is 12.7 Å². The van der Waals surface area contributed by atoms with E-state index in [4.69, 9.17) is 0 Å². The van der Waals surface area contributed by atoms with Crippen LogP contribution < -0.4 is 9.91 Å². The minimum absolute atomic E-state index is 0. The van der Waals surface area contributed by atoms with Crippen LogP contribution in [-0.2, 0) is 26.3 Å². The molecule has 0 N–H and O–H groups in total. The molecule has 2 aliphatic rings. The third kappa shape index (κ3) is 2.82. The molecule has 143 valence electrons.